The van der Waals surface area contributed by atoms with Crippen molar-refractivity contribution in [1.82, 2.24) is 19.9 Å². The first-order valence-corrected chi connectivity index (χ1v) is 7.63. The third kappa shape index (κ3) is 3.08. The number of rotatable bonds is 2. The first-order chi connectivity index (χ1) is 10.1. The number of carbonyl (C=O) groups is 1. The molecule has 2 aromatic rings. The molecule has 3 rings (SSSR count). The molecule has 0 spiro atoms. The van der Waals surface area contributed by atoms with Crippen molar-refractivity contribution in [3.63, 3.8) is 0 Å². The molecule has 110 valence electrons. The van der Waals surface area contributed by atoms with Crippen LogP contribution in [-0.4, -0.2) is 45.5 Å². The number of ether oxygens (including phenoxy) is 1. The van der Waals surface area contributed by atoms with Gasteiger partial charge in [-0.2, -0.15) is 0 Å². The lowest BCUT2D eigenvalue weighted by Gasteiger charge is -2.32. The van der Waals surface area contributed by atoms with Gasteiger partial charge in [0.2, 0.25) is 0 Å². The van der Waals surface area contributed by atoms with Crippen molar-refractivity contribution in [3.8, 4) is 0 Å². The molecule has 0 aliphatic carbocycles. The van der Waals surface area contributed by atoms with Crippen molar-refractivity contribution in [1.29, 1.82) is 0 Å². The number of hydrogen-bond acceptors (Lipinski definition) is 6. The smallest absolute Gasteiger partial charge is 0.265 e. The standard InChI is InChI=1S/C14H16N4O2S/c1-9-5-10(2)17-13(16-9)11-7-18(3-4-20-11)14(19)12-6-15-8-21-12/h5-6,8,11H,3-4,7H2,1-2H3/t11-/m0/s1. The zero-order valence-corrected chi connectivity index (χ0v) is 12.8. The number of morpholine rings is 1. The van der Waals surface area contributed by atoms with Gasteiger partial charge in [-0.1, -0.05) is 0 Å². The average Bonchev–Trinajstić information content (AvgIpc) is 3.00. The van der Waals surface area contributed by atoms with Gasteiger partial charge in [0.25, 0.3) is 5.91 Å². The van der Waals surface area contributed by atoms with Crippen LogP contribution in [0.3, 0.4) is 0 Å². The second-order valence-electron chi connectivity index (χ2n) is 4.99. The van der Waals surface area contributed by atoms with Gasteiger partial charge in [0, 0.05) is 17.9 Å². The highest BCUT2D eigenvalue weighted by atomic mass is 32.1. The summed E-state index contributed by atoms with van der Waals surface area (Å²) in [5, 5.41) is 0. The number of aromatic nitrogens is 3. The number of thiazole rings is 1. The Labute approximate surface area is 126 Å². The first-order valence-electron chi connectivity index (χ1n) is 6.75. The van der Waals surface area contributed by atoms with Crippen LogP contribution in [-0.2, 0) is 4.74 Å². The molecule has 3 heterocycles. The van der Waals surface area contributed by atoms with Crippen molar-refractivity contribution in [2.45, 2.75) is 20.0 Å². The Morgan fingerprint density at radius 3 is 2.81 bits per heavy atom. The van der Waals surface area contributed by atoms with Crippen molar-refractivity contribution in [2.75, 3.05) is 19.7 Å². The zero-order valence-electron chi connectivity index (χ0n) is 11.9. The molecule has 0 radical (unpaired) electrons. The maximum absolute atomic E-state index is 12.4. The number of carbonyl (C=O) groups excluding carboxylic acids is 1. The molecule has 0 unspecified atom stereocenters. The van der Waals surface area contributed by atoms with Crippen LogP contribution in [0.4, 0.5) is 0 Å². The fraction of sp³-hybridized carbons (Fsp3) is 0.429. The summed E-state index contributed by atoms with van der Waals surface area (Å²) in [4.78, 5) is 27.6. The molecular formula is C14H16N4O2S. The van der Waals surface area contributed by atoms with Gasteiger partial charge in [0.1, 0.15) is 11.0 Å². The molecule has 2 aromatic heterocycles. The Morgan fingerprint density at radius 1 is 1.38 bits per heavy atom. The fourth-order valence-electron chi connectivity index (χ4n) is 2.36. The molecule has 1 aliphatic rings. The lowest BCUT2D eigenvalue weighted by Crippen LogP contribution is -2.42. The van der Waals surface area contributed by atoms with E-state index in [0.717, 1.165) is 11.4 Å². The minimum atomic E-state index is -0.269. The summed E-state index contributed by atoms with van der Waals surface area (Å²) in [5.41, 5.74) is 3.48. The van der Waals surface area contributed by atoms with Crippen LogP contribution in [0.1, 0.15) is 33.0 Å². The highest BCUT2D eigenvalue weighted by Crippen LogP contribution is 2.22. The minimum absolute atomic E-state index is 0.00447. The van der Waals surface area contributed by atoms with Crippen molar-refractivity contribution in [3.05, 3.63) is 39.9 Å². The van der Waals surface area contributed by atoms with E-state index in [1.165, 1.54) is 11.3 Å². The summed E-state index contributed by atoms with van der Waals surface area (Å²) in [6, 6.07) is 1.92. The molecule has 0 N–H and O–H groups in total. The fourth-order valence-corrected chi connectivity index (χ4v) is 2.95. The normalized spacial score (nSPS) is 18.8. The predicted octanol–water partition coefficient (Wildman–Crippen LogP) is 1.76. The van der Waals surface area contributed by atoms with Crippen molar-refractivity contribution in [2.24, 2.45) is 0 Å². The lowest BCUT2D eigenvalue weighted by atomic mass is 10.2. The second-order valence-corrected chi connectivity index (χ2v) is 5.87. The Bertz CT molecular complexity index is 624. The van der Waals surface area contributed by atoms with Crippen LogP contribution in [0.2, 0.25) is 0 Å². The zero-order chi connectivity index (χ0) is 14.8. The predicted molar refractivity (Wildman–Crippen MR) is 78.2 cm³/mol. The van der Waals surface area contributed by atoms with E-state index < -0.39 is 0 Å². The summed E-state index contributed by atoms with van der Waals surface area (Å²) in [5.74, 6) is 0.643. The van der Waals surface area contributed by atoms with Crippen molar-refractivity contribution < 1.29 is 9.53 Å². The average molecular weight is 304 g/mol. The van der Waals surface area contributed by atoms with Crippen LogP contribution < -0.4 is 0 Å². The van der Waals surface area contributed by atoms with Gasteiger partial charge in [-0.05, 0) is 19.9 Å². The van der Waals surface area contributed by atoms with Crippen LogP contribution in [0.5, 0.6) is 0 Å². The Balaban J connectivity index is 1.78. The monoisotopic (exact) mass is 304 g/mol. The lowest BCUT2D eigenvalue weighted by molar-refractivity contribution is -0.0267. The van der Waals surface area contributed by atoms with E-state index in [1.54, 1.807) is 16.6 Å². The molecule has 1 aliphatic heterocycles. The van der Waals surface area contributed by atoms with E-state index in [9.17, 15) is 4.79 Å². The highest BCUT2D eigenvalue weighted by molar-refractivity contribution is 7.11. The van der Waals surface area contributed by atoms with Gasteiger partial charge < -0.3 is 9.64 Å². The van der Waals surface area contributed by atoms with E-state index >= 15 is 0 Å². The number of hydrogen-bond donors (Lipinski definition) is 0. The summed E-state index contributed by atoms with van der Waals surface area (Å²) in [6.07, 6.45) is 1.33. The SMILES string of the molecule is Cc1cc(C)nc([C@@H]2CN(C(=O)c3cncs3)CCO2)n1. The quantitative estimate of drug-likeness (QED) is 0.845. The molecule has 1 amide bonds. The van der Waals surface area contributed by atoms with Gasteiger partial charge >= 0.3 is 0 Å². The van der Waals surface area contributed by atoms with Crippen LogP contribution >= 0.6 is 11.3 Å². The summed E-state index contributed by atoms with van der Waals surface area (Å²) in [7, 11) is 0. The molecule has 0 saturated carbocycles. The third-order valence-electron chi connectivity index (χ3n) is 3.28. The molecular weight excluding hydrogens is 288 g/mol. The summed E-state index contributed by atoms with van der Waals surface area (Å²) < 4.78 is 5.74. The molecule has 21 heavy (non-hydrogen) atoms. The molecule has 0 bridgehead atoms. The van der Waals surface area contributed by atoms with E-state index in [0.29, 0.717) is 30.4 Å². The van der Waals surface area contributed by atoms with Gasteiger partial charge in [-0.25, -0.2) is 9.97 Å². The van der Waals surface area contributed by atoms with E-state index in [2.05, 4.69) is 15.0 Å². The number of amides is 1. The minimum Gasteiger partial charge on any atom is -0.367 e. The Hall–Kier alpha value is -1.86. The Morgan fingerprint density at radius 2 is 2.14 bits per heavy atom. The van der Waals surface area contributed by atoms with E-state index in [-0.39, 0.29) is 12.0 Å². The van der Waals surface area contributed by atoms with Crippen LogP contribution in [0.15, 0.2) is 17.8 Å². The maximum Gasteiger partial charge on any atom is 0.265 e. The first kappa shape index (κ1) is 14.1. The molecule has 1 atom stereocenters. The second kappa shape index (κ2) is 5.87. The topological polar surface area (TPSA) is 68.2 Å². The maximum atomic E-state index is 12.4. The largest absolute Gasteiger partial charge is 0.367 e. The Kier molecular flexibility index (Phi) is 3.94. The third-order valence-corrected chi connectivity index (χ3v) is 4.05. The summed E-state index contributed by atoms with van der Waals surface area (Å²) >= 11 is 1.35. The molecule has 1 saturated heterocycles. The van der Waals surface area contributed by atoms with Crippen molar-refractivity contribution >= 4 is 17.2 Å². The summed E-state index contributed by atoms with van der Waals surface area (Å²) in [6.45, 7) is 5.41. The van der Waals surface area contributed by atoms with E-state index in [1.807, 2.05) is 19.9 Å². The molecule has 0 aromatic carbocycles. The van der Waals surface area contributed by atoms with Gasteiger partial charge in [0.05, 0.1) is 24.9 Å². The van der Waals surface area contributed by atoms with Gasteiger partial charge in [-0.15, -0.1) is 11.3 Å². The number of aryl methyl sites for hydroxylation is 2. The molecule has 6 nitrogen and oxygen atoms in total. The van der Waals surface area contributed by atoms with Crippen LogP contribution in [0, 0.1) is 13.8 Å². The van der Waals surface area contributed by atoms with Gasteiger partial charge in [-0.3, -0.25) is 9.78 Å². The molecule has 1 fully saturated rings. The number of nitrogens with zero attached hydrogens (tertiary/aromatic N) is 4. The molecule has 7 heteroatoms. The van der Waals surface area contributed by atoms with E-state index in [4.69, 9.17) is 4.74 Å². The highest BCUT2D eigenvalue weighted by Gasteiger charge is 2.28. The van der Waals surface area contributed by atoms with Crippen LogP contribution in [0.25, 0.3) is 0 Å². The van der Waals surface area contributed by atoms with Gasteiger partial charge in [0.15, 0.2) is 5.82 Å².